The normalized spacial score (nSPS) is 17.3. The molecule has 1 aliphatic heterocycles. The van der Waals surface area contributed by atoms with Crippen LogP contribution in [0.25, 0.3) is 11.4 Å². The Bertz CT molecular complexity index is 747. The van der Waals surface area contributed by atoms with Gasteiger partial charge in [-0.05, 0) is 25.5 Å². The van der Waals surface area contributed by atoms with E-state index < -0.39 is 0 Å². The number of hydrazine groups is 1. The lowest BCUT2D eigenvalue weighted by Gasteiger charge is -2.35. The molecular formula is C19H24N4. The third-order valence-electron chi connectivity index (χ3n) is 4.35. The number of anilines is 1. The van der Waals surface area contributed by atoms with Crippen LogP contribution in [0.15, 0.2) is 48.5 Å². The molecular weight excluding hydrogens is 284 g/mol. The second-order valence-electron chi connectivity index (χ2n) is 6.27. The number of benzene rings is 2. The highest BCUT2D eigenvalue weighted by atomic mass is 15.4. The van der Waals surface area contributed by atoms with Gasteiger partial charge in [-0.2, -0.15) is 0 Å². The number of fused-ring (bicyclic) bond motifs is 2. The van der Waals surface area contributed by atoms with Crippen molar-refractivity contribution >= 4 is 17.1 Å². The van der Waals surface area contributed by atoms with Crippen molar-refractivity contribution in [3.8, 4) is 0 Å². The number of hydrogen-bond donors (Lipinski definition) is 2. The fourth-order valence-electron chi connectivity index (χ4n) is 3.23. The van der Waals surface area contributed by atoms with Crippen LogP contribution < -0.4 is 16.5 Å². The average Bonchev–Trinajstić information content (AvgIpc) is 2.52. The molecule has 0 aromatic heterocycles. The first kappa shape index (κ1) is 15.4. The molecule has 4 heteroatoms. The van der Waals surface area contributed by atoms with E-state index in [1.807, 2.05) is 19.2 Å². The first-order valence-electron chi connectivity index (χ1n) is 7.93. The van der Waals surface area contributed by atoms with Crippen molar-refractivity contribution in [1.29, 1.82) is 0 Å². The molecule has 0 amide bonds. The zero-order valence-electron chi connectivity index (χ0n) is 14.0. The molecule has 2 aromatic rings. The molecule has 23 heavy (non-hydrogen) atoms. The number of nitrogens with zero attached hydrogens (tertiary/aromatic N) is 2. The summed E-state index contributed by atoms with van der Waals surface area (Å²) in [6.07, 6.45) is 0. The largest absolute Gasteiger partial charge is 0.396 e. The lowest BCUT2D eigenvalue weighted by atomic mass is 9.95. The minimum Gasteiger partial charge on any atom is -0.396 e. The van der Waals surface area contributed by atoms with E-state index >= 15 is 0 Å². The van der Waals surface area contributed by atoms with Crippen LogP contribution in [0.1, 0.15) is 30.5 Å². The van der Waals surface area contributed by atoms with Crippen molar-refractivity contribution in [1.82, 2.24) is 5.01 Å². The van der Waals surface area contributed by atoms with Crippen molar-refractivity contribution in [2.45, 2.75) is 26.4 Å². The zero-order chi connectivity index (χ0) is 16.6. The van der Waals surface area contributed by atoms with E-state index in [1.54, 1.807) is 5.01 Å². The van der Waals surface area contributed by atoms with E-state index in [2.05, 4.69) is 55.1 Å². The molecule has 0 atom stereocenters. The average molecular weight is 308 g/mol. The lowest BCUT2D eigenvalue weighted by Crippen LogP contribution is -2.35. The van der Waals surface area contributed by atoms with Gasteiger partial charge in [0.05, 0.1) is 11.4 Å². The number of rotatable bonds is 2. The van der Waals surface area contributed by atoms with E-state index in [9.17, 15) is 0 Å². The quantitative estimate of drug-likeness (QED) is 0.661. The summed E-state index contributed by atoms with van der Waals surface area (Å²) in [5, 5.41) is 1.62. The Morgan fingerprint density at radius 1 is 1.00 bits per heavy atom. The molecule has 0 saturated heterocycles. The van der Waals surface area contributed by atoms with Crippen LogP contribution in [0.2, 0.25) is 0 Å². The van der Waals surface area contributed by atoms with Gasteiger partial charge in [-0.1, -0.05) is 42.5 Å². The van der Waals surface area contributed by atoms with Gasteiger partial charge in [-0.25, -0.2) is 5.84 Å². The van der Waals surface area contributed by atoms with E-state index in [-0.39, 0.29) is 0 Å². The third kappa shape index (κ3) is 2.66. The van der Waals surface area contributed by atoms with Crippen LogP contribution in [-0.2, 0) is 6.54 Å². The summed E-state index contributed by atoms with van der Waals surface area (Å²) in [6, 6.07) is 17.0. The van der Waals surface area contributed by atoms with Crippen molar-refractivity contribution in [2.75, 3.05) is 11.9 Å². The van der Waals surface area contributed by atoms with Gasteiger partial charge in [0.2, 0.25) is 0 Å². The van der Waals surface area contributed by atoms with E-state index in [0.717, 1.165) is 34.8 Å². The first-order valence-corrected chi connectivity index (χ1v) is 7.93. The first-order chi connectivity index (χ1) is 11.0. The van der Waals surface area contributed by atoms with Gasteiger partial charge >= 0.3 is 0 Å². The summed E-state index contributed by atoms with van der Waals surface area (Å²) in [6.45, 7) is 5.24. The Morgan fingerprint density at radius 3 is 2.26 bits per heavy atom. The molecule has 0 bridgehead atoms. The van der Waals surface area contributed by atoms with Crippen LogP contribution in [0.3, 0.4) is 0 Å². The van der Waals surface area contributed by atoms with E-state index in [1.165, 1.54) is 5.56 Å². The lowest BCUT2D eigenvalue weighted by molar-refractivity contribution is 0.510. The highest BCUT2D eigenvalue weighted by Crippen LogP contribution is 2.36. The van der Waals surface area contributed by atoms with Gasteiger partial charge in [0.1, 0.15) is 0 Å². The summed E-state index contributed by atoms with van der Waals surface area (Å²) >= 11 is 0. The second kappa shape index (κ2) is 5.97. The molecule has 0 unspecified atom stereocenters. The Kier molecular flexibility index (Phi) is 4.01. The van der Waals surface area contributed by atoms with Gasteiger partial charge in [0.25, 0.3) is 0 Å². The van der Waals surface area contributed by atoms with Crippen LogP contribution in [0.4, 0.5) is 5.69 Å². The zero-order valence-corrected chi connectivity index (χ0v) is 14.0. The molecule has 120 valence electrons. The molecule has 0 fully saturated rings. The maximum atomic E-state index is 6.54. The van der Waals surface area contributed by atoms with Crippen molar-refractivity contribution in [3.63, 3.8) is 0 Å². The molecule has 2 aromatic carbocycles. The standard InChI is InChI=1S/C19H24N4/c1-13(2)23-12-14-8-4-5-9-15(14)18(20)19(22(3)21)16-10-6-7-11-17(16)23/h4-11,13H,12,20-21H2,1-3H3/b19-18-. The van der Waals surface area contributed by atoms with Gasteiger partial charge in [-0.3, -0.25) is 0 Å². The van der Waals surface area contributed by atoms with Crippen molar-refractivity contribution in [2.24, 2.45) is 11.6 Å². The van der Waals surface area contributed by atoms with E-state index in [0.29, 0.717) is 6.04 Å². The Balaban J connectivity index is 2.36. The maximum Gasteiger partial charge on any atom is 0.0843 e. The molecule has 4 N–H and O–H groups in total. The molecule has 4 nitrogen and oxygen atoms in total. The Hall–Kier alpha value is -2.46. The van der Waals surface area contributed by atoms with Gasteiger partial charge in [0, 0.05) is 36.4 Å². The molecule has 0 spiro atoms. The summed E-state index contributed by atoms with van der Waals surface area (Å²) < 4.78 is 0. The highest BCUT2D eigenvalue weighted by Gasteiger charge is 2.24. The molecule has 0 radical (unpaired) electrons. The monoisotopic (exact) mass is 308 g/mol. The molecule has 0 saturated carbocycles. The smallest absolute Gasteiger partial charge is 0.0843 e. The van der Waals surface area contributed by atoms with Crippen LogP contribution in [0.5, 0.6) is 0 Å². The molecule has 1 heterocycles. The fraction of sp³-hybridized carbons (Fsp3) is 0.263. The van der Waals surface area contributed by atoms with Crippen LogP contribution in [-0.4, -0.2) is 18.1 Å². The topological polar surface area (TPSA) is 58.5 Å². The summed E-state index contributed by atoms with van der Waals surface area (Å²) in [7, 11) is 1.84. The van der Waals surface area contributed by atoms with Crippen molar-refractivity contribution in [3.05, 3.63) is 65.2 Å². The molecule has 0 aliphatic carbocycles. The van der Waals surface area contributed by atoms with E-state index in [4.69, 9.17) is 11.6 Å². The predicted molar refractivity (Wildman–Crippen MR) is 97.2 cm³/mol. The maximum absolute atomic E-state index is 6.54. The number of nitrogens with two attached hydrogens (primary N) is 2. The molecule has 1 aliphatic rings. The Morgan fingerprint density at radius 2 is 1.61 bits per heavy atom. The SMILES string of the molecule is CC(C)N1Cc2ccccc2/C(N)=C(/N(C)N)c2ccccc21. The fourth-order valence-corrected chi connectivity index (χ4v) is 3.23. The third-order valence-corrected chi connectivity index (χ3v) is 4.35. The number of hydrogen-bond acceptors (Lipinski definition) is 4. The summed E-state index contributed by atoms with van der Waals surface area (Å²) in [5.74, 6) is 6.15. The summed E-state index contributed by atoms with van der Waals surface area (Å²) in [4.78, 5) is 2.39. The van der Waals surface area contributed by atoms with Crippen molar-refractivity contribution < 1.29 is 0 Å². The van der Waals surface area contributed by atoms with Crippen LogP contribution >= 0.6 is 0 Å². The number of para-hydroxylation sites is 1. The highest BCUT2D eigenvalue weighted by molar-refractivity contribution is 5.93. The van der Waals surface area contributed by atoms with Gasteiger partial charge in [0.15, 0.2) is 0 Å². The van der Waals surface area contributed by atoms with Gasteiger partial charge < -0.3 is 15.6 Å². The van der Waals surface area contributed by atoms with Crippen LogP contribution in [0, 0.1) is 0 Å². The predicted octanol–water partition coefficient (Wildman–Crippen LogP) is 3.01. The molecule has 3 rings (SSSR count). The van der Waals surface area contributed by atoms with Gasteiger partial charge in [-0.15, -0.1) is 0 Å². The summed E-state index contributed by atoms with van der Waals surface area (Å²) in [5.41, 5.74) is 12.6. The Labute approximate surface area is 138 Å². The minimum atomic E-state index is 0.368. The second-order valence-corrected chi connectivity index (χ2v) is 6.27. The minimum absolute atomic E-state index is 0.368.